The Kier molecular flexibility index (Phi) is 6.09. The third-order valence-electron chi connectivity index (χ3n) is 4.99. The molecular weight excluding hydrogens is 390 g/mol. The molecule has 0 aliphatic rings. The molecule has 0 bridgehead atoms. The molecule has 4 rings (SSSR count). The summed E-state index contributed by atoms with van der Waals surface area (Å²) >= 11 is 0. The van der Waals surface area contributed by atoms with Gasteiger partial charge >= 0.3 is 0 Å². The Balaban J connectivity index is 1.59. The van der Waals surface area contributed by atoms with Crippen molar-refractivity contribution < 1.29 is 4.79 Å². The van der Waals surface area contributed by atoms with Gasteiger partial charge < -0.3 is 15.6 Å². The molecule has 8 nitrogen and oxygen atoms in total. The summed E-state index contributed by atoms with van der Waals surface area (Å²) in [6, 6.07) is 9.92. The summed E-state index contributed by atoms with van der Waals surface area (Å²) in [6.07, 6.45) is 11.2. The molecule has 156 valence electrons. The molecule has 0 unspecified atom stereocenters. The van der Waals surface area contributed by atoms with Gasteiger partial charge in [-0.1, -0.05) is 24.3 Å². The smallest absolute Gasteiger partial charge is 0.189 e. The number of hydrogen-bond acceptors (Lipinski definition) is 7. The van der Waals surface area contributed by atoms with Crippen LogP contribution < -0.4 is 11.1 Å². The summed E-state index contributed by atoms with van der Waals surface area (Å²) < 4.78 is 1.84. The monoisotopic (exact) mass is 413 g/mol. The summed E-state index contributed by atoms with van der Waals surface area (Å²) in [6.45, 7) is 0.912. The molecule has 1 aromatic carbocycles. The van der Waals surface area contributed by atoms with Gasteiger partial charge in [-0.2, -0.15) is 0 Å². The number of hydrogen-bond donors (Lipinski definition) is 2. The van der Waals surface area contributed by atoms with E-state index in [2.05, 4.69) is 37.4 Å². The quantitative estimate of drug-likeness (QED) is 0.427. The lowest BCUT2D eigenvalue weighted by atomic mass is 10.1. The largest absolute Gasteiger partial charge is 0.382 e. The predicted molar refractivity (Wildman–Crippen MR) is 119 cm³/mol. The average molecular weight is 413 g/mol. The molecule has 4 aromatic rings. The average Bonchev–Trinajstić information content (AvgIpc) is 3.33. The number of Topliss-reactive ketones (excluding diaryl/α,β-unsaturated/α-hetero) is 1. The van der Waals surface area contributed by atoms with Crippen LogP contribution in [-0.4, -0.2) is 43.9 Å². The maximum atomic E-state index is 13.1. The van der Waals surface area contributed by atoms with Crippen LogP contribution in [0.4, 0.5) is 5.82 Å². The first-order chi connectivity index (χ1) is 15.2. The van der Waals surface area contributed by atoms with Crippen molar-refractivity contribution in [2.75, 3.05) is 19.3 Å². The van der Waals surface area contributed by atoms with Gasteiger partial charge in [-0.05, 0) is 31.6 Å². The molecule has 3 aromatic heterocycles. The number of ketones is 1. The van der Waals surface area contributed by atoms with Crippen LogP contribution in [0.3, 0.4) is 0 Å². The SMILES string of the molecule is CNCCc1ccc(-c2cnc(N)c(C(=O)Cc3cnccc3-n3ccnc3)n2)cc1. The van der Waals surface area contributed by atoms with Crippen LogP contribution in [0.5, 0.6) is 0 Å². The van der Waals surface area contributed by atoms with E-state index >= 15 is 0 Å². The van der Waals surface area contributed by atoms with Crippen molar-refractivity contribution in [1.82, 2.24) is 29.8 Å². The summed E-state index contributed by atoms with van der Waals surface area (Å²) in [5.74, 6) is -0.0979. The number of nitrogens with one attached hydrogen (secondary N) is 1. The van der Waals surface area contributed by atoms with Gasteiger partial charge in [0.2, 0.25) is 0 Å². The zero-order valence-electron chi connectivity index (χ0n) is 17.2. The van der Waals surface area contributed by atoms with Gasteiger partial charge in [0.25, 0.3) is 0 Å². The molecule has 0 aliphatic carbocycles. The summed E-state index contributed by atoms with van der Waals surface area (Å²) in [7, 11) is 1.93. The number of benzene rings is 1. The minimum atomic E-state index is -0.216. The predicted octanol–water partition coefficient (Wildman–Crippen LogP) is 2.49. The number of nitrogens with two attached hydrogens (primary N) is 1. The molecule has 0 atom stereocenters. The highest BCUT2D eigenvalue weighted by molar-refractivity contribution is 6.00. The van der Waals surface area contributed by atoms with Crippen LogP contribution in [0.15, 0.2) is 67.6 Å². The van der Waals surface area contributed by atoms with Crippen LogP contribution in [0.2, 0.25) is 0 Å². The van der Waals surface area contributed by atoms with Crippen LogP contribution >= 0.6 is 0 Å². The Morgan fingerprint density at radius 2 is 1.94 bits per heavy atom. The van der Waals surface area contributed by atoms with E-state index in [-0.39, 0.29) is 23.7 Å². The molecule has 31 heavy (non-hydrogen) atoms. The van der Waals surface area contributed by atoms with Gasteiger partial charge in [0.15, 0.2) is 11.6 Å². The van der Waals surface area contributed by atoms with E-state index < -0.39 is 0 Å². The Bertz CT molecular complexity index is 1170. The van der Waals surface area contributed by atoms with E-state index in [9.17, 15) is 4.79 Å². The Labute approximate surface area is 180 Å². The fourth-order valence-electron chi connectivity index (χ4n) is 3.32. The molecule has 0 spiro atoms. The highest BCUT2D eigenvalue weighted by atomic mass is 16.1. The summed E-state index contributed by atoms with van der Waals surface area (Å²) in [5.41, 5.74) is 10.5. The van der Waals surface area contributed by atoms with E-state index in [0.29, 0.717) is 5.69 Å². The van der Waals surface area contributed by atoms with E-state index in [4.69, 9.17) is 5.73 Å². The van der Waals surface area contributed by atoms with Gasteiger partial charge in [0.05, 0.1) is 23.9 Å². The number of imidazole rings is 1. The third-order valence-corrected chi connectivity index (χ3v) is 4.99. The highest BCUT2D eigenvalue weighted by Gasteiger charge is 2.17. The number of likely N-dealkylation sites (N-methyl/N-ethyl adjacent to an activating group) is 1. The molecule has 0 fully saturated rings. The molecule has 0 amide bonds. The number of nitrogen functional groups attached to an aromatic ring is 1. The zero-order valence-corrected chi connectivity index (χ0v) is 17.2. The van der Waals surface area contributed by atoms with E-state index in [0.717, 1.165) is 29.8 Å². The van der Waals surface area contributed by atoms with Crippen LogP contribution in [0, 0.1) is 0 Å². The number of rotatable bonds is 8. The second-order valence-electron chi connectivity index (χ2n) is 7.11. The number of pyridine rings is 1. The minimum Gasteiger partial charge on any atom is -0.382 e. The minimum absolute atomic E-state index is 0.104. The maximum Gasteiger partial charge on any atom is 0.189 e. The zero-order chi connectivity index (χ0) is 21.6. The lowest BCUT2D eigenvalue weighted by Crippen LogP contribution is -2.13. The Hall–Kier alpha value is -3.91. The molecule has 3 heterocycles. The topological polar surface area (TPSA) is 112 Å². The third kappa shape index (κ3) is 4.65. The molecular formula is C23H23N7O. The van der Waals surface area contributed by atoms with Gasteiger partial charge in [0, 0.05) is 42.3 Å². The van der Waals surface area contributed by atoms with Gasteiger partial charge in [-0.25, -0.2) is 15.0 Å². The molecule has 0 radical (unpaired) electrons. The second kappa shape index (κ2) is 9.27. The van der Waals surface area contributed by atoms with Crippen molar-refractivity contribution in [3.05, 3.63) is 84.5 Å². The van der Waals surface area contributed by atoms with Crippen molar-refractivity contribution in [3.8, 4) is 16.9 Å². The lowest BCUT2D eigenvalue weighted by molar-refractivity contribution is 0.0989. The lowest BCUT2D eigenvalue weighted by Gasteiger charge is -2.10. The van der Waals surface area contributed by atoms with Gasteiger partial charge in [0.1, 0.15) is 5.69 Å². The number of carbonyl (C=O) groups is 1. The Morgan fingerprint density at radius 1 is 1.10 bits per heavy atom. The number of aromatic nitrogens is 5. The van der Waals surface area contributed by atoms with Gasteiger partial charge in [-0.15, -0.1) is 0 Å². The van der Waals surface area contributed by atoms with E-state index in [1.165, 1.54) is 5.56 Å². The van der Waals surface area contributed by atoms with Gasteiger partial charge in [-0.3, -0.25) is 9.78 Å². The van der Waals surface area contributed by atoms with Crippen molar-refractivity contribution in [2.24, 2.45) is 0 Å². The highest BCUT2D eigenvalue weighted by Crippen LogP contribution is 2.21. The Morgan fingerprint density at radius 3 is 2.68 bits per heavy atom. The molecule has 8 heteroatoms. The first-order valence-corrected chi connectivity index (χ1v) is 9.96. The number of carbonyl (C=O) groups excluding carboxylic acids is 1. The van der Waals surface area contributed by atoms with Crippen molar-refractivity contribution in [1.29, 1.82) is 0 Å². The number of anilines is 1. The first kappa shape index (κ1) is 20.4. The molecule has 0 aliphatic heterocycles. The van der Waals surface area contributed by atoms with Crippen molar-refractivity contribution in [2.45, 2.75) is 12.8 Å². The van der Waals surface area contributed by atoms with Crippen LogP contribution in [-0.2, 0) is 12.8 Å². The second-order valence-corrected chi connectivity index (χ2v) is 7.11. The van der Waals surface area contributed by atoms with Crippen LogP contribution in [0.1, 0.15) is 21.6 Å². The fourth-order valence-corrected chi connectivity index (χ4v) is 3.32. The normalized spacial score (nSPS) is 10.9. The van der Waals surface area contributed by atoms with Crippen LogP contribution in [0.25, 0.3) is 16.9 Å². The summed E-state index contributed by atoms with van der Waals surface area (Å²) in [5, 5.41) is 3.14. The summed E-state index contributed by atoms with van der Waals surface area (Å²) in [4.78, 5) is 30.1. The van der Waals surface area contributed by atoms with E-state index in [1.807, 2.05) is 36.0 Å². The molecule has 0 saturated heterocycles. The first-order valence-electron chi connectivity index (χ1n) is 9.96. The molecule has 0 saturated carbocycles. The van der Waals surface area contributed by atoms with E-state index in [1.54, 1.807) is 31.1 Å². The number of nitrogens with zero attached hydrogens (tertiary/aromatic N) is 5. The van der Waals surface area contributed by atoms with Crippen molar-refractivity contribution in [3.63, 3.8) is 0 Å². The fraction of sp³-hybridized carbons (Fsp3) is 0.174. The van der Waals surface area contributed by atoms with Crippen molar-refractivity contribution >= 4 is 11.6 Å². The maximum absolute atomic E-state index is 13.1. The standard InChI is InChI=1S/C23H23N7O/c1-25-8-6-16-2-4-17(5-3-16)19-14-28-23(24)22(29-19)21(31)12-18-13-26-9-7-20(18)30-11-10-27-15-30/h2-5,7,9-11,13-15,25H,6,8,12H2,1H3,(H2,24,28). The molecule has 3 N–H and O–H groups in total.